The second-order valence-electron chi connectivity index (χ2n) is 4.73. The molecule has 0 spiro atoms. The Morgan fingerprint density at radius 2 is 2.23 bits per heavy atom. The smallest absolute Gasteiger partial charge is 0.338 e. The van der Waals surface area contributed by atoms with E-state index in [4.69, 9.17) is 9.47 Å². The van der Waals surface area contributed by atoms with E-state index in [-0.39, 0.29) is 12.6 Å². The molecule has 6 nitrogen and oxygen atoms in total. The molecule has 1 heterocycles. The molecule has 0 aliphatic carbocycles. The molecule has 116 valence electrons. The van der Waals surface area contributed by atoms with E-state index in [1.165, 1.54) is 6.08 Å². The lowest BCUT2D eigenvalue weighted by atomic mass is 9.95. The lowest BCUT2D eigenvalue weighted by molar-refractivity contribution is -0.138. The number of hydrogen-bond acceptors (Lipinski definition) is 4. The summed E-state index contributed by atoms with van der Waals surface area (Å²) in [7, 11) is 1.56. The van der Waals surface area contributed by atoms with Crippen LogP contribution in [-0.4, -0.2) is 25.7 Å². The van der Waals surface area contributed by atoms with Crippen LogP contribution in [0.25, 0.3) is 0 Å². The van der Waals surface area contributed by atoms with Crippen LogP contribution in [0.2, 0.25) is 0 Å². The van der Waals surface area contributed by atoms with Crippen LogP contribution >= 0.6 is 0 Å². The molecular weight excluding hydrogens is 284 g/mol. The number of methoxy groups -OCH3 is 1. The Labute approximate surface area is 128 Å². The number of urea groups is 1. The fourth-order valence-corrected chi connectivity index (χ4v) is 2.25. The van der Waals surface area contributed by atoms with Gasteiger partial charge in [-0.2, -0.15) is 0 Å². The van der Waals surface area contributed by atoms with E-state index >= 15 is 0 Å². The Hall–Kier alpha value is -2.76. The maximum atomic E-state index is 12.3. The molecule has 2 amide bonds. The molecule has 1 aromatic rings. The zero-order valence-electron chi connectivity index (χ0n) is 12.5. The summed E-state index contributed by atoms with van der Waals surface area (Å²) >= 11 is 0. The van der Waals surface area contributed by atoms with Gasteiger partial charge in [0.05, 0.1) is 18.7 Å². The van der Waals surface area contributed by atoms with Gasteiger partial charge in [0, 0.05) is 5.70 Å². The van der Waals surface area contributed by atoms with Crippen molar-refractivity contribution in [3.63, 3.8) is 0 Å². The van der Waals surface area contributed by atoms with Crippen molar-refractivity contribution in [1.82, 2.24) is 10.6 Å². The van der Waals surface area contributed by atoms with Gasteiger partial charge in [-0.05, 0) is 24.6 Å². The van der Waals surface area contributed by atoms with E-state index in [1.807, 2.05) is 6.07 Å². The van der Waals surface area contributed by atoms with Crippen LogP contribution in [0, 0.1) is 0 Å². The normalized spacial score (nSPS) is 17.4. The van der Waals surface area contributed by atoms with Gasteiger partial charge in [-0.1, -0.05) is 24.8 Å². The third kappa shape index (κ3) is 3.28. The largest absolute Gasteiger partial charge is 0.497 e. The summed E-state index contributed by atoms with van der Waals surface area (Å²) in [6, 6.07) is 6.20. The maximum Gasteiger partial charge on any atom is 0.338 e. The fraction of sp³-hybridized carbons (Fsp3) is 0.250. The average Bonchev–Trinajstić information content (AvgIpc) is 2.51. The molecule has 1 aliphatic rings. The predicted molar refractivity (Wildman–Crippen MR) is 81.3 cm³/mol. The molecule has 6 heteroatoms. The van der Waals surface area contributed by atoms with Crippen LogP contribution in [0.15, 0.2) is 48.2 Å². The summed E-state index contributed by atoms with van der Waals surface area (Å²) in [5, 5.41) is 5.32. The predicted octanol–water partition coefficient (Wildman–Crippen LogP) is 2.05. The molecule has 0 aromatic heterocycles. The first-order valence-corrected chi connectivity index (χ1v) is 6.77. The van der Waals surface area contributed by atoms with Crippen LogP contribution in [0.5, 0.6) is 5.75 Å². The number of carbonyl (C=O) groups is 2. The van der Waals surface area contributed by atoms with Crippen molar-refractivity contribution in [3.8, 4) is 5.75 Å². The minimum absolute atomic E-state index is 0.106. The molecule has 2 N–H and O–H groups in total. The lowest BCUT2D eigenvalue weighted by Gasteiger charge is -2.28. The lowest BCUT2D eigenvalue weighted by Crippen LogP contribution is -2.45. The molecule has 0 fully saturated rings. The number of rotatable bonds is 5. The summed E-state index contributed by atoms with van der Waals surface area (Å²) in [6.45, 7) is 5.28. The number of nitrogens with one attached hydrogen (secondary N) is 2. The minimum Gasteiger partial charge on any atom is -0.497 e. The average molecular weight is 302 g/mol. The molecule has 0 bridgehead atoms. The van der Waals surface area contributed by atoms with E-state index in [2.05, 4.69) is 17.2 Å². The molecule has 1 aliphatic heterocycles. The van der Waals surface area contributed by atoms with Gasteiger partial charge in [0.25, 0.3) is 0 Å². The van der Waals surface area contributed by atoms with E-state index in [0.29, 0.717) is 17.0 Å². The molecule has 1 unspecified atom stereocenters. The number of allylic oxidation sites excluding steroid dienone is 1. The van der Waals surface area contributed by atoms with Gasteiger partial charge in [-0.25, -0.2) is 9.59 Å². The van der Waals surface area contributed by atoms with Crippen molar-refractivity contribution in [2.45, 2.75) is 13.0 Å². The molecule has 0 radical (unpaired) electrons. The zero-order valence-corrected chi connectivity index (χ0v) is 12.5. The highest BCUT2D eigenvalue weighted by Crippen LogP contribution is 2.29. The second kappa shape index (κ2) is 6.80. The van der Waals surface area contributed by atoms with Gasteiger partial charge in [-0.3, -0.25) is 0 Å². The van der Waals surface area contributed by atoms with E-state index < -0.39 is 12.0 Å². The Morgan fingerprint density at radius 3 is 2.91 bits per heavy atom. The SMILES string of the molecule is C=CCOC(=O)C1=C(C)NC(=O)NC1c1cccc(OC)c1. The van der Waals surface area contributed by atoms with Gasteiger partial charge < -0.3 is 20.1 Å². The van der Waals surface area contributed by atoms with Crippen molar-refractivity contribution in [3.05, 3.63) is 53.8 Å². The third-order valence-electron chi connectivity index (χ3n) is 3.25. The minimum atomic E-state index is -0.596. The molecule has 22 heavy (non-hydrogen) atoms. The monoisotopic (exact) mass is 302 g/mol. The molecule has 0 saturated carbocycles. The number of ether oxygens (including phenoxy) is 2. The Kier molecular flexibility index (Phi) is 4.83. The summed E-state index contributed by atoms with van der Waals surface area (Å²) < 4.78 is 10.3. The first kappa shape index (κ1) is 15.6. The van der Waals surface area contributed by atoms with Gasteiger partial charge in [0.2, 0.25) is 0 Å². The van der Waals surface area contributed by atoms with Gasteiger partial charge in [-0.15, -0.1) is 0 Å². The van der Waals surface area contributed by atoms with Gasteiger partial charge in [0.1, 0.15) is 12.4 Å². The van der Waals surface area contributed by atoms with Gasteiger partial charge in [0.15, 0.2) is 0 Å². The summed E-state index contributed by atoms with van der Waals surface area (Å²) in [5.41, 5.74) is 1.56. The number of esters is 1. The number of hydrogen-bond donors (Lipinski definition) is 2. The second-order valence-corrected chi connectivity index (χ2v) is 4.73. The number of benzene rings is 1. The van der Waals surface area contributed by atoms with Crippen LogP contribution < -0.4 is 15.4 Å². The van der Waals surface area contributed by atoms with Crippen LogP contribution in [0.1, 0.15) is 18.5 Å². The van der Waals surface area contributed by atoms with E-state index in [1.54, 1.807) is 32.2 Å². The highest BCUT2D eigenvalue weighted by atomic mass is 16.5. The summed E-state index contributed by atoms with van der Waals surface area (Å²) in [6.07, 6.45) is 1.49. The standard InChI is InChI=1S/C16H18N2O4/c1-4-8-22-15(19)13-10(2)17-16(20)18-14(13)11-6-5-7-12(9-11)21-3/h4-7,9,14H,1,8H2,2-3H3,(H2,17,18,20). The number of amides is 2. The van der Waals surface area contributed by atoms with Crippen molar-refractivity contribution < 1.29 is 19.1 Å². The highest BCUT2D eigenvalue weighted by molar-refractivity contribution is 5.95. The quantitative estimate of drug-likeness (QED) is 0.644. The maximum absolute atomic E-state index is 12.3. The van der Waals surface area contributed by atoms with Crippen molar-refractivity contribution in [2.75, 3.05) is 13.7 Å². The fourth-order valence-electron chi connectivity index (χ4n) is 2.25. The summed E-state index contributed by atoms with van der Waals surface area (Å²) in [5.74, 6) is 0.138. The first-order valence-electron chi connectivity index (χ1n) is 6.77. The third-order valence-corrected chi connectivity index (χ3v) is 3.25. The van der Waals surface area contributed by atoms with Crippen molar-refractivity contribution in [1.29, 1.82) is 0 Å². The topological polar surface area (TPSA) is 76.7 Å². The zero-order chi connectivity index (χ0) is 16.1. The van der Waals surface area contributed by atoms with E-state index in [0.717, 1.165) is 5.56 Å². The molecule has 1 aromatic carbocycles. The highest BCUT2D eigenvalue weighted by Gasteiger charge is 2.32. The van der Waals surface area contributed by atoms with Crippen LogP contribution in [-0.2, 0) is 9.53 Å². The Bertz CT molecular complexity index is 637. The molecule has 0 saturated heterocycles. The van der Waals surface area contributed by atoms with Crippen molar-refractivity contribution >= 4 is 12.0 Å². The Balaban J connectivity index is 2.40. The molecule has 1 atom stereocenters. The first-order chi connectivity index (χ1) is 10.6. The molecule has 2 rings (SSSR count). The Morgan fingerprint density at radius 1 is 1.45 bits per heavy atom. The van der Waals surface area contributed by atoms with E-state index in [9.17, 15) is 9.59 Å². The molecular formula is C16H18N2O4. The number of carbonyl (C=O) groups excluding carboxylic acids is 2. The summed E-state index contributed by atoms with van der Waals surface area (Å²) in [4.78, 5) is 24.0. The van der Waals surface area contributed by atoms with Crippen molar-refractivity contribution in [2.24, 2.45) is 0 Å². The van der Waals surface area contributed by atoms with Gasteiger partial charge >= 0.3 is 12.0 Å². The van der Waals surface area contributed by atoms with Crippen LogP contribution in [0.4, 0.5) is 4.79 Å². The van der Waals surface area contributed by atoms with Crippen LogP contribution in [0.3, 0.4) is 0 Å².